The van der Waals surface area contributed by atoms with Gasteiger partial charge in [-0.05, 0) is 29.7 Å². The first-order valence-electron chi connectivity index (χ1n) is 8.33. The molecule has 0 spiro atoms. The van der Waals surface area contributed by atoms with Crippen LogP contribution in [0.4, 0.5) is 11.4 Å². The number of halogens is 1. The molecule has 4 rings (SSSR count). The molecule has 1 heterocycles. The maximum absolute atomic E-state index is 12.7. The molecule has 0 bridgehead atoms. The van der Waals surface area contributed by atoms with Crippen molar-refractivity contribution in [2.24, 2.45) is 0 Å². The minimum atomic E-state index is -0.534. The number of benzene rings is 3. The van der Waals surface area contributed by atoms with Gasteiger partial charge >= 0.3 is 0 Å². The first kappa shape index (κ1) is 17.8. The largest absolute Gasteiger partial charge is 0.506 e. The van der Waals surface area contributed by atoms with Crippen LogP contribution < -0.4 is 10.2 Å². The van der Waals surface area contributed by atoms with Crippen LogP contribution in [0.25, 0.3) is 10.8 Å². The zero-order valence-corrected chi connectivity index (χ0v) is 15.1. The number of phenolic OH excluding ortho intramolecular Hbond substituents is 1. The number of carbonyl (C=O) groups is 3. The Bertz CT molecular complexity index is 1170. The molecule has 0 radical (unpaired) electrons. The summed E-state index contributed by atoms with van der Waals surface area (Å²) in [6.45, 7) is 0. The Labute approximate surface area is 164 Å². The van der Waals surface area contributed by atoms with Gasteiger partial charge in [-0.2, -0.15) is 0 Å². The Morgan fingerprint density at radius 1 is 0.964 bits per heavy atom. The van der Waals surface area contributed by atoms with E-state index >= 15 is 0 Å². The molecule has 6 nitrogen and oxygen atoms in total. The minimum absolute atomic E-state index is 0.102. The number of imide groups is 1. The second-order valence-corrected chi connectivity index (χ2v) is 6.56. The van der Waals surface area contributed by atoms with Crippen LogP contribution in [0.1, 0.15) is 10.4 Å². The fraction of sp³-hybridized carbons (Fsp3) is 0. The molecule has 0 aromatic heterocycles. The third-order valence-corrected chi connectivity index (χ3v) is 4.72. The summed E-state index contributed by atoms with van der Waals surface area (Å²) in [7, 11) is 0. The zero-order valence-electron chi connectivity index (χ0n) is 14.3. The summed E-state index contributed by atoms with van der Waals surface area (Å²) in [5.74, 6) is -1.68. The molecule has 138 valence electrons. The van der Waals surface area contributed by atoms with Gasteiger partial charge in [-0.3, -0.25) is 14.4 Å². The highest BCUT2D eigenvalue weighted by atomic mass is 35.5. The number of nitrogens with one attached hydrogen (secondary N) is 1. The van der Waals surface area contributed by atoms with Crippen LogP contribution in [0.3, 0.4) is 0 Å². The number of carbonyl (C=O) groups excluding carboxylic acids is 3. The predicted molar refractivity (Wildman–Crippen MR) is 107 cm³/mol. The van der Waals surface area contributed by atoms with Crippen molar-refractivity contribution in [1.29, 1.82) is 0 Å². The van der Waals surface area contributed by atoms with Crippen molar-refractivity contribution < 1.29 is 19.5 Å². The van der Waals surface area contributed by atoms with E-state index in [9.17, 15) is 19.5 Å². The maximum atomic E-state index is 12.7. The molecule has 1 aliphatic rings. The van der Waals surface area contributed by atoms with Gasteiger partial charge in [0.1, 0.15) is 5.75 Å². The molecular formula is C21H13ClN2O4. The van der Waals surface area contributed by atoms with Crippen LogP contribution in [0.2, 0.25) is 5.02 Å². The van der Waals surface area contributed by atoms with E-state index < -0.39 is 17.7 Å². The lowest BCUT2D eigenvalue weighted by Crippen LogP contribution is -2.29. The number of hydrogen-bond donors (Lipinski definition) is 2. The molecule has 0 saturated carbocycles. The van der Waals surface area contributed by atoms with Crippen LogP contribution in [0.15, 0.2) is 66.7 Å². The highest BCUT2D eigenvalue weighted by Gasteiger charge is 2.27. The topological polar surface area (TPSA) is 86.7 Å². The van der Waals surface area contributed by atoms with Crippen molar-refractivity contribution in [3.8, 4) is 5.75 Å². The van der Waals surface area contributed by atoms with E-state index in [4.69, 9.17) is 11.6 Å². The fourth-order valence-electron chi connectivity index (χ4n) is 3.04. The van der Waals surface area contributed by atoms with Crippen LogP contribution in [-0.4, -0.2) is 22.8 Å². The van der Waals surface area contributed by atoms with E-state index in [0.717, 1.165) is 22.4 Å². The summed E-state index contributed by atoms with van der Waals surface area (Å²) in [5.41, 5.74) is 0.594. The Morgan fingerprint density at radius 2 is 1.68 bits per heavy atom. The van der Waals surface area contributed by atoms with Crippen molar-refractivity contribution in [3.05, 3.63) is 77.3 Å². The summed E-state index contributed by atoms with van der Waals surface area (Å²) < 4.78 is 0. The lowest BCUT2D eigenvalue weighted by molar-refractivity contribution is -0.119. The summed E-state index contributed by atoms with van der Waals surface area (Å²) >= 11 is 6.12. The zero-order chi connectivity index (χ0) is 19.8. The SMILES string of the molecule is O=C(Nc1ccc(Cl)c(N2C(=O)C=CC2=O)c1)c1ccc2ccccc2c1O. The highest BCUT2D eigenvalue weighted by Crippen LogP contribution is 2.32. The molecule has 0 atom stereocenters. The summed E-state index contributed by atoms with van der Waals surface area (Å²) in [5, 5.41) is 14.7. The van der Waals surface area contributed by atoms with Gasteiger partial charge in [0, 0.05) is 23.2 Å². The lowest BCUT2D eigenvalue weighted by atomic mass is 10.0. The lowest BCUT2D eigenvalue weighted by Gasteiger charge is -2.17. The van der Waals surface area contributed by atoms with Crippen LogP contribution in [-0.2, 0) is 9.59 Å². The standard InChI is InChI=1S/C21H13ClN2O4/c22-16-8-6-13(11-17(16)24-18(25)9-10-19(24)26)23-21(28)15-7-5-12-3-1-2-4-14(12)20(15)27/h1-11,27H,(H,23,28). The monoisotopic (exact) mass is 392 g/mol. The van der Waals surface area contributed by atoms with Crippen LogP contribution in [0.5, 0.6) is 5.75 Å². The quantitative estimate of drug-likeness (QED) is 0.662. The van der Waals surface area contributed by atoms with Crippen molar-refractivity contribution >= 4 is 51.5 Å². The smallest absolute Gasteiger partial charge is 0.259 e. The number of fused-ring (bicyclic) bond motifs is 1. The van der Waals surface area contributed by atoms with Gasteiger partial charge in [0.15, 0.2) is 0 Å². The van der Waals surface area contributed by atoms with Crippen molar-refractivity contribution in [2.45, 2.75) is 0 Å². The number of nitrogens with zero attached hydrogens (tertiary/aromatic N) is 1. The average Bonchev–Trinajstić information content (AvgIpc) is 3.02. The van der Waals surface area contributed by atoms with E-state index in [1.54, 1.807) is 24.3 Å². The first-order valence-corrected chi connectivity index (χ1v) is 8.71. The van der Waals surface area contributed by atoms with Gasteiger partial charge in [0.2, 0.25) is 0 Å². The van der Waals surface area contributed by atoms with Gasteiger partial charge in [-0.1, -0.05) is 41.9 Å². The predicted octanol–water partition coefficient (Wildman–Crippen LogP) is 3.88. The van der Waals surface area contributed by atoms with Crippen LogP contribution in [0, 0.1) is 0 Å². The Balaban J connectivity index is 1.66. The maximum Gasteiger partial charge on any atom is 0.259 e. The molecule has 3 aromatic rings. The summed E-state index contributed by atoms with van der Waals surface area (Å²) in [6.07, 6.45) is 2.30. The molecule has 3 amide bonds. The number of hydrogen-bond acceptors (Lipinski definition) is 4. The molecule has 0 aliphatic carbocycles. The summed E-state index contributed by atoms with van der Waals surface area (Å²) in [6, 6.07) is 14.9. The van der Waals surface area contributed by atoms with Gasteiger partial charge < -0.3 is 10.4 Å². The van der Waals surface area contributed by atoms with E-state index in [0.29, 0.717) is 11.1 Å². The van der Waals surface area contributed by atoms with Crippen molar-refractivity contribution in [1.82, 2.24) is 0 Å². The Hall–Kier alpha value is -3.64. The molecule has 1 aliphatic heterocycles. The Kier molecular flexibility index (Phi) is 4.33. The van der Waals surface area contributed by atoms with Gasteiger partial charge in [0.05, 0.1) is 16.3 Å². The number of anilines is 2. The highest BCUT2D eigenvalue weighted by molar-refractivity contribution is 6.37. The molecule has 0 saturated heterocycles. The van der Waals surface area contributed by atoms with Crippen molar-refractivity contribution in [3.63, 3.8) is 0 Å². The number of rotatable bonds is 3. The van der Waals surface area contributed by atoms with E-state index in [-0.39, 0.29) is 22.0 Å². The molecule has 0 unspecified atom stereocenters. The average molecular weight is 393 g/mol. The first-order chi connectivity index (χ1) is 13.5. The minimum Gasteiger partial charge on any atom is -0.506 e. The van der Waals surface area contributed by atoms with E-state index in [2.05, 4.69) is 5.32 Å². The number of amides is 3. The number of phenols is 1. The van der Waals surface area contributed by atoms with Crippen molar-refractivity contribution in [2.75, 3.05) is 10.2 Å². The van der Waals surface area contributed by atoms with Crippen LogP contribution >= 0.6 is 11.6 Å². The van der Waals surface area contributed by atoms with E-state index in [1.807, 2.05) is 12.1 Å². The second-order valence-electron chi connectivity index (χ2n) is 6.15. The molecule has 2 N–H and O–H groups in total. The molecule has 3 aromatic carbocycles. The normalized spacial score (nSPS) is 13.4. The van der Waals surface area contributed by atoms with E-state index in [1.165, 1.54) is 18.2 Å². The Morgan fingerprint density at radius 3 is 2.43 bits per heavy atom. The molecule has 0 fully saturated rings. The van der Waals surface area contributed by atoms with Gasteiger partial charge in [0.25, 0.3) is 17.7 Å². The third-order valence-electron chi connectivity index (χ3n) is 4.40. The van der Waals surface area contributed by atoms with Gasteiger partial charge in [-0.25, -0.2) is 4.90 Å². The number of aromatic hydroxyl groups is 1. The second kappa shape index (κ2) is 6.83. The molecular weight excluding hydrogens is 380 g/mol. The third kappa shape index (κ3) is 3.00. The molecule has 28 heavy (non-hydrogen) atoms. The fourth-order valence-corrected chi connectivity index (χ4v) is 3.24. The summed E-state index contributed by atoms with van der Waals surface area (Å²) in [4.78, 5) is 37.4. The van der Waals surface area contributed by atoms with Gasteiger partial charge in [-0.15, -0.1) is 0 Å². The molecule has 7 heteroatoms.